The van der Waals surface area contributed by atoms with E-state index in [-0.39, 0.29) is 0 Å². The molecule has 226 valence electrons. The Kier molecular flexibility index (Phi) is 6.84. The minimum Gasteiger partial charge on any atom is -0.454 e. The molecule has 0 saturated heterocycles. The SMILES string of the molecule is c1ccc(-c2ccc(N(c3ccc(-c4ccccc4)cc3)c3cccc4c3Oc3ccc(-c5ccccc5)c5cccc-4c35)cc2)cc1. The zero-order valence-corrected chi connectivity index (χ0v) is 26.3. The summed E-state index contributed by atoms with van der Waals surface area (Å²) in [5.41, 5.74) is 12.5. The summed E-state index contributed by atoms with van der Waals surface area (Å²) in [6.07, 6.45) is 0. The van der Waals surface area contributed by atoms with Gasteiger partial charge in [-0.25, -0.2) is 0 Å². The molecule has 2 nitrogen and oxygen atoms in total. The Labute approximate surface area is 280 Å². The fourth-order valence-electron chi connectivity index (χ4n) is 6.98. The average Bonchev–Trinajstić information content (AvgIpc) is 3.17. The zero-order valence-electron chi connectivity index (χ0n) is 26.3. The van der Waals surface area contributed by atoms with Crippen LogP contribution in [0.15, 0.2) is 188 Å². The highest BCUT2D eigenvalue weighted by molar-refractivity contribution is 6.10. The van der Waals surface area contributed by atoms with E-state index in [1.165, 1.54) is 44.3 Å². The van der Waals surface area contributed by atoms with Crippen molar-refractivity contribution in [2.45, 2.75) is 0 Å². The van der Waals surface area contributed by atoms with Gasteiger partial charge in [0.15, 0.2) is 5.75 Å². The minimum absolute atomic E-state index is 0.851. The van der Waals surface area contributed by atoms with Gasteiger partial charge >= 0.3 is 0 Å². The van der Waals surface area contributed by atoms with Gasteiger partial charge in [-0.15, -0.1) is 0 Å². The highest BCUT2D eigenvalue weighted by atomic mass is 16.5. The van der Waals surface area contributed by atoms with E-state index in [4.69, 9.17) is 4.74 Å². The van der Waals surface area contributed by atoms with Gasteiger partial charge in [-0.3, -0.25) is 0 Å². The third kappa shape index (κ3) is 4.83. The smallest absolute Gasteiger partial charge is 0.159 e. The largest absolute Gasteiger partial charge is 0.454 e. The average molecular weight is 614 g/mol. The summed E-state index contributed by atoms with van der Waals surface area (Å²) in [5.74, 6) is 1.73. The Morgan fingerprint density at radius 1 is 0.333 bits per heavy atom. The molecule has 1 heterocycles. The van der Waals surface area contributed by atoms with Gasteiger partial charge < -0.3 is 9.64 Å². The molecule has 0 spiro atoms. The van der Waals surface area contributed by atoms with E-state index >= 15 is 0 Å². The second kappa shape index (κ2) is 11.8. The van der Waals surface area contributed by atoms with Crippen molar-refractivity contribution in [1.82, 2.24) is 0 Å². The highest BCUT2D eigenvalue weighted by Gasteiger charge is 2.27. The Morgan fingerprint density at radius 2 is 0.833 bits per heavy atom. The van der Waals surface area contributed by atoms with Crippen molar-refractivity contribution in [3.8, 4) is 56.0 Å². The molecule has 0 aromatic heterocycles. The monoisotopic (exact) mass is 613 g/mol. The molecule has 0 atom stereocenters. The van der Waals surface area contributed by atoms with Crippen molar-refractivity contribution in [3.05, 3.63) is 188 Å². The number of para-hydroxylation sites is 1. The lowest BCUT2D eigenvalue weighted by atomic mass is 9.90. The van der Waals surface area contributed by atoms with Crippen LogP contribution in [-0.2, 0) is 0 Å². The van der Waals surface area contributed by atoms with Crippen molar-refractivity contribution < 1.29 is 4.74 Å². The Bertz CT molecular complexity index is 2300. The Hall–Kier alpha value is -6.38. The van der Waals surface area contributed by atoms with E-state index in [1.54, 1.807) is 0 Å². The number of nitrogens with zero attached hydrogens (tertiary/aromatic N) is 1. The predicted octanol–water partition coefficient (Wildman–Crippen LogP) is 13.1. The summed E-state index contributed by atoms with van der Waals surface area (Å²) in [5, 5.41) is 2.34. The molecule has 1 aliphatic heterocycles. The number of fused-ring (bicyclic) bond motifs is 2. The van der Waals surface area contributed by atoms with Crippen LogP contribution in [0.2, 0.25) is 0 Å². The predicted molar refractivity (Wildman–Crippen MR) is 200 cm³/mol. The van der Waals surface area contributed by atoms with Crippen LogP contribution >= 0.6 is 0 Å². The van der Waals surface area contributed by atoms with Gasteiger partial charge in [0.05, 0.1) is 5.69 Å². The van der Waals surface area contributed by atoms with Crippen LogP contribution in [0.4, 0.5) is 17.1 Å². The second-order valence-electron chi connectivity index (χ2n) is 12.1. The maximum Gasteiger partial charge on any atom is 0.159 e. The zero-order chi connectivity index (χ0) is 31.9. The van der Waals surface area contributed by atoms with Crippen LogP contribution in [0, 0.1) is 0 Å². The fourth-order valence-corrected chi connectivity index (χ4v) is 6.98. The lowest BCUT2D eigenvalue weighted by molar-refractivity contribution is 0.488. The summed E-state index contributed by atoms with van der Waals surface area (Å²) < 4.78 is 6.94. The number of benzene rings is 8. The maximum atomic E-state index is 6.94. The quantitative estimate of drug-likeness (QED) is 0.185. The van der Waals surface area contributed by atoms with E-state index < -0.39 is 0 Å². The van der Waals surface area contributed by atoms with Gasteiger partial charge in [0, 0.05) is 22.3 Å². The van der Waals surface area contributed by atoms with Crippen LogP contribution in [0.5, 0.6) is 11.5 Å². The van der Waals surface area contributed by atoms with Crippen LogP contribution < -0.4 is 9.64 Å². The number of ether oxygens (including phenoxy) is 1. The van der Waals surface area contributed by atoms with Crippen molar-refractivity contribution in [2.24, 2.45) is 0 Å². The molecular formula is C46H31NO. The summed E-state index contributed by atoms with van der Waals surface area (Å²) in [6.45, 7) is 0. The fraction of sp³-hybridized carbons (Fsp3) is 0. The molecule has 0 aliphatic carbocycles. The summed E-state index contributed by atoms with van der Waals surface area (Å²) in [6, 6.07) is 66.7. The third-order valence-electron chi connectivity index (χ3n) is 9.29. The molecule has 0 unspecified atom stereocenters. The summed E-state index contributed by atoms with van der Waals surface area (Å²) >= 11 is 0. The van der Waals surface area contributed by atoms with Gasteiger partial charge in [0.1, 0.15) is 5.75 Å². The van der Waals surface area contributed by atoms with E-state index in [2.05, 4.69) is 193 Å². The van der Waals surface area contributed by atoms with Crippen LogP contribution in [0.3, 0.4) is 0 Å². The first-order valence-corrected chi connectivity index (χ1v) is 16.4. The molecular weight excluding hydrogens is 583 g/mol. The first kappa shape index (κ1) is 27.9. The lowest BCUT2D eigenvalue weighted by Gasteiger charge is -2.31. The molecule has 0 radical (unpaired) electrons. The topological polar surface area (TPSA) is 12.5 Å². The normalized spacial score (nSPS) is 11.5. The summed E-state index contributed by atoms with van der Waals surface area (Å²) in [7, 11) is 0. The third-order valence-corrected chi connectivity index (χ3v) is 9.29. The lowest BCUT2D eigenvalue weighted by Crippen LogP contribution is -2.12. The molecule has 9 rings (SSSR count). The van der Waals surface area contributed by atoms with Gasteiger partial charge in [0.25, 0.3) is 0 Å². The van der Waals surface area contributed by atoms with Gasteiger partial charge in [-0.2, -0.15) is 0 Å². The van der Waals surface area contributed by atoms with E-state index in [0.29, 0.717) is 0 Å². The van der Waals surface area contributed by atoms with Crippen molar-refractivity contribution in [2.75, 3.05) is 4.90 Å². The van der Waals surface area contributed by atoms with Crippen LogP contribution in [0.25, 0.3) is 55.3 Å². The number of rotatable bonds is 6. The molecule has 0 fully saturated rings. The van der Waals surface area contributed by atoms with Gasteiger partial charge in [-0.1, -0.05) is 152 Å². The Balaban J connectivity index is 1.20. The van der Waals surface area contributed by atoms with E-state index in [0.717, 1.165) is 39.5 Å². The van der Waals surface area contributed by atoms with E-state index in [9.17, 15) is 0 Å². The van der Waals surface area contributed by atoms with Crippen molar-refractivity contribution in [3.63, 3.8) is 0 Å². The van der Waals surface area contributed by atoms with Crippen LogP contribution in [0.1, 0.15) is 0 Å². The second-order valence-corrected chi connectivity index (χ2v) is 12.1. The molecule has 1 aliphatic rings. The number of hydrogen-bond acceptors (Lipinski definition) is 2. The van der Waals surface area contributed by atoms with E-state index in [1.807, 2.05) is 0 Å². The molecule has 0 N–H and O–H groups in total. The number of hydrogen-bond donors (Lipinski definition) is 0. The maximum absolute atomic E-state index is 6.94. The molecule has 48 heavy (non-hydrogen) atoms. The number of anilines is 3. The first-order chi connectivity index (χ1) is 23.8. The van der Waals surface area contributed by atoms with Crippen LogP contribution in [-0.4, -0.2) is 0 Å². The highest BCUT2D eigenvalue weighted by Crippen LogP contribution is 2.53. The molecule has 0 amide bonds. The molecule has 0 saturated carbocycles. The molecule has 8 aromatic carbocycles. The molecule has 2 heteroatoms. The summed E-state index contributed by atoms with van der Waals surface area (Å²) in [4.78, 5) is 2.31. The van der Waals surface area contributed by atoms with Crippen molar-refractivity contribution in [1.29, 1.82) is 0 Å². The minimum atomic E-state index is 0.851. The Morgan fingerprint density at radius 3 is 1.42 bits per heavy atom. The standard InChI is InChI=1S/C46H31NO/c1-4-12-32(13-5-1)34-22-26-37(27-23-34)47(38-28-24-35(25-29-38)33-14-6-2-7-15-33)43-21-11-20-42-41-19-10-18-40-39(36-16-8-3-9-17-36)30-31-44(45(40)41)48-46(42)43/h1-31H. The molecule has 8 aromatic rings. The molecule has 0 bridgehead atoms. The van der Waals surface area contributed by atoms with Gasteiger partial charge in [0.2, 0.25) is 0 Å². The van der Waals surface area contributed by atoms with Crippen molar-refractivity contribution >= 4 is 27.8 Å². The van der Waals surface area contributed by atoms with Gasteiger partial charge in [-0.05, 0) is 80.7 Å². The first-order valence-electron chi connectivity index (χ1n) is 16.4.